The molecule has 3 heteroatoms. The average Bonchev–Trinajstić information content (AvgIpc) is 2.91. The first kappa shape index (κ1) is 13.5. The van der Waals surface area contributed by atoms with Crippen LogP contribution in [-0.2, 0) is 6.42 Å². The van der Waals surface area contributed by atoms with Crippen molar-refractivity contribution < 1.29 is 4.74 Å². The fraction of sp³-hybridized carbons (Fsp3) is 0.412. The molecule has 1 heterocycles. The van der Waals surface area contributed by atoms with Crippen molar-refractivity contribution in [3.63, 3.8) is 0 Å². The van der Waals surface area contributed by atoms with E-state index < -0.39 is 0 Å². The van der Waals surface area contributed by atoms with Crippen LogP contribution in [0.5, 0.6) is 5.75 Å². The van der Waals surface area contributed by atoms with Crippen LogP contribution in [0.3, 0.4) is 0 Å². The molecule has 20 heavy (non-hydrogen) atoms. The molecule has 0 saturated heterocycles. The lowest BCUT2D eigenvalue weighted by molar-refractivity contribution is 0.341. The van der Waals surface area contributed by atoms with E-state index in [2.05, 4.69) is 41.9 Å². The van der Waals surface area contributed by atoms with Gasteiger partial charge >= 0.3 is 0 Å². The number of thiophene rings is 1. The Kier molecular flexibility index (Phi) is 3.97. The third-order valence-electron chi connectivity index (χ3n) is 3.82. The van der Waals surface area contributed by atoms with Crippen LogP contribution < -0.4 is 10.1 Å². The summed E-state index contributed by atoms with van der Waals surface area (Å²) in [5.74, 6) is 0.967. The Morgan fingerprint density at radius 3 is 3.10 bits per heavy atom. The Labute approximate surface area is 124 Å². The zero-order chi connectivity index (χ0) is 13.9. The van der Waals surface area contributed by atoms with E-state index in [1.807, 2.05) is 18.3 Å². The first-order valence-electron chi connectivity index (χ1n) is 7.34. The topological polar surface area (TPSA) is 21.3 Å². The van der Waals surface area contributed by atoms with Crippen LogP contribution in [-0.4, -0.2) is 6.61 Å². The van der Waals surface area contributed by atoms with Crippen molar-refractivity contribution in [3.05, 3.63) is 45.6 Å². The summed E-state index contributed by atoms with van der Waals surface area (Å²) in [6, 6.07) is 9.09. The number of fused-ring (bicyclic) bond motifs is 1. The molecule has 0 amide bonds. The largest absolute Gasteiger partial charge is 0.492 e. The molecule has 1 aromatic heterocycles. The van der Waals surface area contributed by atoms with Gasteiger partial charge in [-0.25, -0.2) is 0 Å². The van der Waals surface area contributed by atoms with Crippen molar-refractivity contribution in [2.75, 3.05) is 11.9 Å². The van der Waals surface area contributed by atoms with Gasteiger partial charge in [0.15, 0.2) is 0 Å². The maximum absolute atomic E-state index is 5.77. The number of hydrogen-bond donors (Lipinski definition) is 1. The summed E-state index contributed by atoms with van der Waals surface area (Å²) >= 11 is 1.89. The van der Waals surface area contributed by atoms with Crippen molar-refractivity contribution in [2.45, 2.75) is 39.2 Å². The molecule has 2 nitrogen and oxygen atoms in total. The van der Waals surface area contributed by atoms with E-state index in [0.717, 1.165) is 11.4 Å². The van der Waals surface area contributed by atoms with Crippen molar-refractivity contribution in [1.82, 2.24) is 0 Å². The quantitative estimate of drug-likeness (QED) is 0.859. The Morgan fingerprint density at radius 1 is 1.35 bits per heavy atom. The summed E-state index contributed by atoms with van der Waals surface area (Å²) in [4.78, 5) is 1.54. The fourth-order valence-electron chi connectivity index (χ4n) is 2.85. The van der Waals surface area contributed by atoms with Crippen LogP contribution in [0, 0.1) is 6.92 Å². The standard InChI is InChI=1S/C17H21NOS/c1-3-19-16-11-12(2)7-8-15(16)18-14-5-4-6-17-13(14)9-10-20-17/h7-11,14,18H,3-6H2,1-2H3. The Bertz CT molecular complexity index is 590. The number of aryl methyl sites for hydroxylation is 2. The fourth-order valence-corrected chi connectivity index (χ4v) is 3.84. The van der Waals surface area contributed by atoms with Gasteiger partial charge in [-0.2, -0.15) is 0 Å². The number of hydrogen-bond acceptors (Lipinski definition) is 3. The average molecular weight is 287 g/mol. The van der Waals surface area contributed by atoms with Crippen molar-refractivity contribution in [1.29, 1.82) is 0 Å². The second-order valence-electron chi connectivity index (χ2n) is 5.32. The maximum atomic E-state index is 5.77. The van der Waals surface area contributed by atoms with E-state index >= 15 is 0 Å². The van der Waals surface area contributed by atoms with Gasteiger partial charge in [0.05, 0.1) is 18.3 Å². The van der Waals surface area contributed by atoms with Crippen molar-refractivity contribution >= 4 is 17.0 Å². The first-order valence-corrected chi connectivity index (χ1v) is 8.22. The predicted octanol–water partition coefficient (Wildman–Crippen LogP) is 4.94. The van der Waals surface area contributed by atoms with Gasteiger partial charge < -0.3 is 10.1 Å². The van der Waals surface area contributed by atoms with E-state index in [1.165, 1.54) is 30.4 Å². The molecule has 1 aromatic carbocycles. The van der Waals surface area contributed by atoms with Gasteiger partial charge in [0.25, 0.3) is 0 Å². The van der Waals surface area contributed by atoms with Crippen LogP contribution in [0.2, 0.25) is 0 Å². The molecular formula is C17H21NOS. The predicted molar refractivity (Wildman–Crippen MR) is 86.0 cm³/mol. The molecular weight excluding hydrogens is 266 g/mol. The van der Waals surface area contributed by atoms with Crippen LogP contribution in [0.15, 0.2) is 29.6 Å². The molecule has 0 radical (unpaired) electrons. The van der Waals surface area contributed by atoms with Gasteiger partial charge in [-0.05, 0) is 67.8 Å². The second-order valence-corrected chi connectivity index (χ2v) is 6.32. The van der Waals surface area contributed by atoms with Crippen LogP contribution >= 0.6 is 11.3 Å². The zero-order valence-corrected chi connectivity index (χ0v) is 12.9. The SMILES string of the molecule is CCOc1cc(C)ccc1NC1CCCc2sccc21. The van der Waals surface area contributed by atoms with E-state index in [1.54, 1.807) is 4.88 Å². The number of anilines is 1. The highest BCUT2D eigenvalue weighted by Gasteiger charge is 2.21. The van der Waals surface area contributed by atoms with Crippen LogP contribution in [0.4, 0.5) is 5.69 Å². The molecule has 1 unspecified atom stereocenters. The van der Waals surface area contributed by atoms with E-state index in [4.69, 9.17) is 4.74 Å². The third kappa shape index (κ3) is 2.68. The zero-order valence-electron chi connectivity index (χ0n) is 12.1. The van der Waals surface area contributed by atoms with Crippen molar-refractivity contribution in [3.8, 4) is 5.75 Å². The molecule has 0 bridgehead atoms. The highest BCUT2D eigenvalue weighted by Crippen LogP contribution is 2.37. The summed E-state index contributed by atoms with van der Waals surface area (Å²) in [7, 11) is 0. The molecule has 2 aromatic rings. The molecule has 0 fully saturated rings. The Morgan fingerprint density at radius 2 is 2.25 bits per heavy atom. The summed E-state index contributed by atoms with van der Waals surface area (Å²) in [5, 5.41) is 5.90. The monoisotopic (exact) mass is 287 g/mol. The van der Waals surface area contributed by atoms with Gasteiger partial charge in [-0.15, -0.1) is 11.3 Å². The smallest absolute Gasteiger partial charge is 0.142 e. The molecule has 0 aliphatic heterocycles. The lowest BCUT2D eigenvalue weighted by Crippen LogP contribution is -2.16. The molecule has 1 aliphatic rings. The van der Waals surface area contributed by atoms with Crippen LogP contribution in [0.25, 0.3) is 0 Å². The minimum atomic E-state index is 0.423. The van der Waals surface area contributed by atoms with Gasteiger partial charge in [-0.1, -0.05) is 6.07 Å². The number of nitrogens with one attached hydrogen (secondary N) is 1. The summed E-state index contributed by atoms with van der Waals surface area (Å²) < 4.78 is 5.77. The van der Waals surface area contributed by atoms with Gasteiger partial charge in [0.2, 0.25) is 0 Å². The molecule has 106 valence electrons. The molecule has 1 aliphatic carbocycles. The van der Waals surface area contributed by atoms with Crippen molar-refractivity contribution in [2.24, 2.45) is 0 Å². The lowest BCUT2D eigenvalue weighted by Gasteiger charge is -2.26. The minimum Gasteiger partial charge on any atom is -0.492 e. The first-order chi connectivity index (χ1) is 9.78. The number of benzene rings is 1. The second kappa shape index (κ2) is 5.88. The van der Waals surface area contributed by atoms with Gasteiger partial charge in [-0.3, -0.25) is 0 Å². The third-order valence-corrected chi connectivity index (χ3v) is 4.82. The Balaban J connectivity index is 1.85. The van der Waals surface area contributed by atoms with E-state index in [0.29, 0.717) is 12.6 Å². The van der Waals surface area contributed by atoms with E-state index in [9.17, 15) is 0 Å². The highest BCUT2D eigenvalue weighted by atomic mass is 32.1. The van der Waals surface area contributed by atoms with Gasteiger partial charge in [0.1, 0.15) is 5.75 Å². The summed E-state index contributed by atoms with van der Waals surface area (Å²) in [5.41, 5.74) is 3.82. The minimum absolute atomic E-state index is 0.423. The molecule has 0 spiro atoms. The summed E-state index contributed by atoms with van der Waals surface area (Å²) in [6.45, 7) is 4.83. The molecule has 3 rings (SSSR count). The van der Waals surface area contributed by atoms with Gasteiger partial charge in [0, 0.05) is 4.88 Å². The number of rotatable bonds is 4. The summed E-state index contributed by atoms with van der Waals surface area (Å²) in [6.07, 6.45) is 3.70. The maximum Gasteiger partial charge on any atom is 0.142 e. The lowest BCUT2D eigenvalue weighted by atomic mass is 9.94. The highest BCUT2D eigenvalue weighted by molar-refractivity contribution is 7.10. The molecule has 1 N–H and O–H groups in total. The Hall–Kier alpha value is -1.48. The van der Waals surface area contributed by atoms with Crippen LogP contribution in [0.1, 0.15) is 41.8 Å². The molecule has 1 atom stereocenters. The molecule has 0 saturated carbocycles. The normalized spacial score (nSPS) is 17.6. The number of ether oxygens (including phenoxy) is 1. The van der Waals surface area contributed by atoms with E-state index in [-0.39, 0.29) is 0 Å².